The molecule has 1 aliphatic rings. The van der Waals surface area contributed by atoms with E-state index < -0.39 is 0 Å². The fraction of sp³-hybridized carbons (Fsp3) is 0.292. The minimum Gasteiger partial charge on any atom is -0.495 e. The first kappa shape index (κ1) is 22.0. The third-order valence-electron chi connectivity index (χ3n) is 5.40. The molecule has 0 aliphatic carbocycles. The van der Waals surface area contributed by atoms with Crippen molar-refractivity contribution in [3.05, 3.63) is 66.4 Å². The van der Waals surface area contributed by atoms with Crippen LogP contribution in [0.4, 0.5) is 17.2 Å². The average Bonchev–Trinajstić information content (AvgIpc) is 2.84. The van der Waals surface area contributed by atoms with Crippen LogP contribution in [-0.2, 0) is 4.79 Å². The van der Waals surface area contributed by atoms with Crippen LogP contribution in [0.2, 0.25) is 0 Å². The zero-order valence-corrected chi connectivity index (χ0v) is 19.1. The number of thioether (sulfide) groups is 1. The number of ether oxygens (including phenoxy) is 1. The van der Waals surface area contributed by atoms with Crippen molar-refractivity contribution in [3.63, 3.8) is 0 Å². The van der Waals surface area contributed by atoms with Crippen molar-refractivity contribution < 1.29 is 9.53 Å². The minimum absolute atomic E-state index is 0.0660. The average molecular weight is 450 g/mol. The normalized spacial score (nSPS) is 13.7. The summed E-state index contributed by atoms with van der Waals surface area (Å²) < 4.78 is 5.50. The number of nitrogens with one attached hydrogen (secondary N) is 1. The third kappa shape index (κ3) is 5.31. The first-order valence-corrected chi connectivity index (χ1v) is 11.6. The van der Waals surface area contributed by atoms with Crippen LogP contribution in [0.5, 0.6) is 5.75 Å². The van der Waals surface area contributed by atoms with Gasteiger partial charge in [0, 0.05) is 38.1 Å². The van der Waals surface area contributed by atoms with Gasteiger partial charge in [-0.15, -0.1) is 0 Å². The van der Waals surface area contributed by atoms with Crippen LogP contribution in [-0.4, -0.2) is 54.9 Å². The SMILES string of the molecule is COc1ccccc1N1CCN(c2ccnc(SCC(=O)Nc3ccccc3C)n2)CC1. The maximum atomic E-state index is 12.3. The molecule has 4 rings (SSSR count). The van der Waals surface area contributed by atoms with Crippen molar-refractivity contribution in [1.82, 2.24) is 9.97 Å². The lowest BCUT2D eigenvalue weighted by atomic mass is 10.2. The van der Waals surface area contributed by atoms with Gasteiger partial charge in [0.25, 0.3) is 0 Å². The van der Waals surface area contributed by atoms with E-state index in [0.29, 0.717) is 5.16 Å². The molecule has 0 radical (unpaired) electrons. The van der Waals surface area contributed by atoms with Gasteiger partial charge in [0.1, 0.15) is 11.6 Å². The van der Waals surface area contributed by atoms with Crippen molar-refractivity contribution in [2.75, 3.05) is 54.2 Å². The zero-order valence-electron chi connectivity index (χ0n) is 18.3. The van der Waals surface area contributed by atoms with Gasteiger partial charge in [0.15, 0.2) is 5.16 Å². The molecule has 0 spiro atoms. The predicted octanol–water partition coefficient (Wildman–Crippen LogP) is 3.85. The summed E-state index contributed by atoms with van der Waals surface area (Å²) in [6.07, 6.45) is 1.76. The number of hydrogen-bond donors (Lipinski definition) is 1. The van der Waals surface area contributed by atoms with Gasteiger partial charge in [-0.25, -0.2) is 9.97 Å². The molecule has 0 atom stereocenters. The Hall–Kier alpha value is -3.26. The lowest BCUT2D eigenvalue weighted by molar-refractivity contribution is -0.113. The Morgan fingerprint density at radius 1 is 1.03 bits per heavy atom. The van der Waals surface area contributed by atoms with E-state index in [1.54, 1.807) is 13.3 Å². The molecule has 7 nitrogen and oxygen atoms in total. The van der Waals surface area contributed by atoms with E-state index in [2.05, 4.69) is 31.2 Å². The van der Waals surface area contributed by atoms with Crippen molar-refractivity contribution in [3.8, 4) is 5.75 Å². The number of piperazine rings is 1. The van der Waals surface area contributed by atoms with E-state index in [0.717, 1.165) is 54.7 Å². The van der Waals surface area contributed by atoms with Gasteiger partial charge in [-0.1, -0.05) is 42.1 Å². The van der Waals surface area contributed by atoms with Crippen LogP contribution < -0.4 is 19.9 Å². The Kier molecular flexibility index (Phi) is 7.11. The molecule has 2 aromatic carbocycles. The van der Waals surface area contributed by atoms with E-state index in [4.69, 9.17) is 4.74 Å². The van der Waals surface area contributed by atoms with E-state index in [-0.39, 0.29) is 11.7 Å². The second kappa shape index (κ2) is 10.4. The van der Waals surface area contributed by atoms with E-state index >= 15 is 0 Å². The molecule has 3 aromatic rings. The minimum atomic E-state index is -0.0660. The molecule has 8 heteroatoms. The molecule has 2 heterocycles. The van der Waals surface area contributed by atoms with Gasteiger partial charge in [-0.2, -0.15) is 0 Å². The summed E-state index contributed by atoms with van der Waals surface area (Å²) in [6.45, 7) is 5.44. The molecule has 1 fully saturated rings. The third-order valence-corrected chi connectivity index (χ3v) is 6.26. The Morgan fingerprint density at radius 3 is 2.53 bits per heavy atom. The van der Waals surface area contributed by atoms with Gasteiger partial charge in [0.05, 0.1) is 18.6 Å². The van der Waals surface area contributed by atoms with Gasteiger partial charge >= 0.3 is 0 Å². The monoisotopic (exact) mass is 449 g/mol. The smallest absolute Gasteiger partial charge is 0.234 e. The number of carbonyl (C=O) groups excluding carboxylic acids is 1. The fourth-order valence-electron chi connectivity index (χ4n) is 3.67. The molecule has 0 saturated carbocycles. The van der Waals surface area contributed by atoms with Crippen LogP contribution in [0.25, 0.3) is 0 Å². The zero-order chi connectivity index (χ0) is 22.3. The maximum Gasteiger partial charge on any atom is 0.234 e. The summed E-state index contributed by atoms with van der Waals surface area (Å²) in [6, 6.07) is 17.8. The summed E-state index contributed by atoms with van der Waals surface area (Å²) in [4.78, 5) is 25.9. The molecule has 32 heavy (non-hydrogen) atoms. The number of rotatable bonds is 7. The molecule has 1 N–H and O–H groups in total. The van der Waals surface area contributed by atoms with Crippen molar-refractivity contribution in [2.45, 2.75) is 12.1 Å². The van der Waals surface area contributed by atoms with Crippen molar-refractivity contribution in [1.29, 1.82) is 0 Å². The Balaban J connectivity index is 1.32. The number of aryl methyl sites for hydroxylation is 1. The number of para-hydroxylation sites is 3. The summed E-state index contributed by atoms with van der Waals surface area (Å²) in [5.74, 6) is 1.98. The number of anilines is 3. The number of carbonyl (C=O) groups is 1. The molecule has 0 bridgehead atoms. The summed E-state index contributed by atoms with van der Waals surface area (Å²) in [5.41, 5.74) is 2.99. The van der Waals surface area contributed by atoms with E-state index in [1.807, 2.05) is 55.5 Å². The molecule has 166 valence electrons. The summed E-state index contributed by atoms with van der Waals surface area (Å²) >= 11 is 1.35. The molecule has 1 aromatic heterocycles. The van der Waals surface area contributed by atoms with Crippen LogP contribution in [0, 0.1) is 6.92 Å². The summed E-state index contributed by atoms with van der Waals surface area (Å²) in [7, 11) is 1.70. The Morgan fingerprint density at radius 2 is 1.75 bits per heavy atom. The second-order valence-corrected chi connectivity index (χ2v) is 8.44. The van der Waals surface area contributed by atoms with E-state index in [9.17, 15) is 4.79 Å². The number of amides is 1. The molecule has 1 aliphatic heterocycles. The van der Waals surface area contributed by atoms with Gasteiger partial charge in [-0.3, -0.25) is 4.79 Å². The summed E-state index contributed by atoms with van der Waals surface area (Å²) in [5, 5.41) is 3.55. The lowest BCUT2D eigenvalue weighted by Crippen LogP contribution is -2.47. The van der Waals surface area contributed by atoms with Crippen molar-refractivity contribution in [2.24, 2.45) is 0 Å². The van der Waals surface area contributed by atoms with Gasteiger partial charge < -0.3 is 19.9 Å². The number of aromatic nitrogens is 2. The first-order chi connectivity index (χ1) is 15.6. The van der Waals surface area contributed by atoms with Crippen LogP contribution in [0.1, 0.15) is 5.56 Å². The molecular formula is C24H27N5O2S. The number of nitrogens with zero attached hydrogens (tertiary/aromatic N) is 4. The van der Waals surface area contributed by atoms with Crippen LogP contribution in [0.15, 0.2) is 66.0 Å². The number of hydrogen-bond acceptors (Lipinski definition) is 7. The highest BCUT2D eigenvalue weighted by atomic mass is 32.2. The highest BCUT2D eigenvalue weighted by Gasteiger charge is 2.21. The fourth-order valence-corrected chi connectivity index (χ4v) is 4.30. The Bertz CT molecular complexity index is 1070. The van der Waals surface area contributed by atoms with Crippen LogP contribution >= 0.6 is 11.8 Å². The number of benzene rings is 2. The predicted molar refractivity (Wildman–Crippen MR) is 130 cm³/mol. The lowest BCUT2D eigenvalue weighted by Gasteiger charge is -2.37. The standard InChI is InChI=1S/C24H27N5O2S/c1-18-7-3-4-8-19(18)26-23(30)17-32-24-25-12-11-22(27-24)29-15-13-28(14-16-29)20-9-5-6-10-21(20)31-2/h3-12H,13-17H2,1-2H3,(H,26,30). The first-order valence-electron chi connectivity index (χ1n) is 10.6. The topological polar surface area (TPSA) is 70.6 Å². The largest absolute Gasteiger partial charge is 0.495 e. The second-order valence-electron chi connectivity index (χ2n) is 7.50. The van der Waals surface area contributed by atoms with Gasteiger partial charge in [-0.05, 0) is 36.8 Å². The number of methoxy groups -OCH3 is 1. The van der Waals surface area contributed by atoms with E-state index in [1.165, 1.54) is 11.8 Å². The highest BCUT2D eigenvalue weighted by molar-refractivity contribution is 7.99. The van der Waals surface area contributed by atoms with Crippen molar-refractivity contribution >= 4 is 34.9 Å². The Labute approximate surface area is 192 Å². The molecule has 1 saturated heterocycles. The van der Waals surface area contributed by atoms with Gasteiger partial charge in [0.2, 0.25) is 5.91 Å². The maximum absolute atomic E-state index is 12.3. The molecule has 1 amide bonds. The molecule has 0 unspecified atom stereocenters. The highest BCUT2D eigenvalue weighted by Crippen LogP contribution is 2.29. The quantitative estimate of drug-likeness (QED) is 0.434. The molecular weight excluding hydrogens is 422 g/mol. The van der Waals surface area contributed by atoms with Crippen LogP contribution in [0.3, 0.4) is 0 Å².